The van der Waals surface area contributed by atoms with Crippen molar-refractivity contribution < 1.29 is 29.1 Å². The Morgan fingerprint density at radius 1 is 1.33 bits per heavy atom. The van der Waals surface area contributed by atoms with Crippen molar-refractivity contribution in [3.63, 3.8) is 0 Å². The van der Waals surface area contributed by atoms with Gasteiger partial charge < -0.3 is 19.5 Å². The highest BCUT2D eigenvalue weighted by Gasteiger charge is 2.18. The van der Waals surface area contributed by atoms with Gasteiger partial charge in [0.25, 0.3) is 0 Å². The first kappa shape index (κ1) is 16.7. The van der Waals surface area contributed by atoms with Crippen LogP contribution in [0.5, 0.6) is 0 Å². The minimum atomic E-state index is -1.30. The third kappa shape index (κ3) is 11.2. The smallest absolute Gasteiger partial charge is 0.450 e. The Balaban J connectivity index is 3.41. The molecule has 6 heteroatoms. The van der Waals surface area contributed by atoms with Gasteiger partial charge in [-0.25, -0.2) is 4.79 Å². The van der Waals surface area contributed by atoms with Crippen LogP contribution >= 0.6 is 0 Å². The van der Waals surface area contributed by atoms with Crippen LogP contribution in [-0.2, 0) is 19.2 Å². The van der Waals surface area contributed by atoms with Gasteiger partial charge in [0.2, 0.25) is 0 Å². The van der Waals surface area contributed by atoms with Crippen molar-refractivity contribution in [2.24, 2.45) is 0 Å². The highest BCUT2D eigenvalue weighted by molar-refractivity contribution is 5.56. The third-order valence-corrected chi connectivity index (χ3v) is 1.94. The molecular formula is C12H22O6. The molecular weight excluding hydrogens is 240 g/mol. The fourth-order valence-corrected chi connectivity index (χ4v) is 1.22. The predicted molar refractivity (Wildman–Crippen MR) is 65.1 cm³/mol. The summed E-state index contributed by atoms with van der Waals surface area (Å²) in [6.45, 7) is 6.51. The molecule has 0 fully saturated rings. The molecule has 0 heterocycles. The van der Waals surface area contributed by atoms with Crippen LogP contribution in [0, 0.1) is 0 Å². The Labute approximate surface area is 107 Å². The molecule has 0 unspecified atom stereocenters. The van der Waals surface area contributed by atoms with Crippen molar-refractivity contribution in [2.75, 3.05) is 19.8 Å². The summed E-state index contributed by atoms with van der Waals surface area (Å²) in [6, 6.07) is 0. The lowest BCUT2D eigenvalue weighted by Crippen LogP contribution is -2.23. The molecule has 0 spiro atoms. The minimum Gasteiger partial charge on any atom is -0.450 e. The Hall–Kier alpha value is -1.27. The second kappa shape index (κ2) is 9.73. The lowest BCUT2D eigenvalue weighted by atomic mass is 10.0. The van der Waals surface area contributed by atoms with Gasteiger partial charge in [0.1, 0.15) is 18.5 Å². The quantitative estimate of drug-likeness (QED) is 0.214. The van der Waals surface area contributed by atoms with Crippen LogP contribution in [0.1, 0.15) is 33.6 Å². The zero-order chi connectivity index (χ0) is 13.9. The summed E-state index contributed by atoms with van der Waals surface area (Å²) in [4.78, 5) is 20.1. The first-order valence-electron chi connectivity index (χ1n) is 5.91. The number of hydrogen-bond acceptors (Lipinski definition) is 5. The normalized spacial score (nSPS) is 11.7. The second-order valence-corrected chi connectivity index (χ2v) is 4.25. The maximum atomic E-state index is 9.99. The van der Waals surface area contributed by atoms with E-state index in [1.54, 1.807) is 6.08 Å². The highest BCUT2D eigenvalue weighted by atomic mass is 17.2. The topological polar surface area (TPSA) is 74.2 Å². The summed E-state index contributed by atoms with van der Waals surface area (Å²) in [5.74, 6) is 0. The van der Waals surface area contributed by atoms with Gasteiger partial charge >= 0.3 is 6.16 Å². The fraction of sp³-hybridized carbons (Fsp3) is 0.750. The van der Waals surface area contributed by atoms with E-state index in [9.17, 15) is 4.79 Å². The largest absolute Gasteiger partial charge is 0.505 e. The molecule has 0 bridgehead atoms. The van der Waals surface area contributed by atoms with E-state index >= 15 is 0 Å². The number of rotatable bonds is 10. The van der Waals surface area contributed by atoms with Gasteiger partial charge in [0.15, 0.2) is 0 Å². The van der Waals surface area contributed by atoms with E-state index in [4.69, 9.17) is 19.6 Å². The van der Waals surface area contributed by atoms with Gasteiger partial charge in [-0.3, -0.25) is 0 Å². The lowest BCUT2D eigenvalue weighted by molar-refractivity contribution is -0.317. The Morgan fingerprint density at radius 3 is 2.67 bits per heavy atom. The minimum absolute atomic E-state index is 0.0179. The van der Waals surface area contributed by atoms with E-state index in [2.05, 4.69) is 11.7 Å². The SMILES string of the molecule is CCCC(C)(C)OOC=CCOCCOC(=O)O. The molecule has 0 saturated heterocycles. The predicted octanol–water partition coefficient (Wildman–Crippen LogP) is 2.74. The summed E-state index contributed by atoms with van der Waals surface area (Å²) in [5, 5.41) is 8.18. The Morgan fingerprint density at radius 2 is 2.06 bits per heavy atom. The summed E-state index contributed by atoms with van der Waals surface area (Å²) in [5.41, 5.74) is -0.310. The molecule has 0 saturated carbocycles. The Bertz CT molecular complexity index is 249. The molecule has 6 nitrogen and oxygen atoms in total. The molecule has 0 aromatic rings. The van der Waals surface area contributed by atoms with Crippen LogP contribution in [0.15, 0.2) is 12.3 Å². The van der Waals surface area contributed by atoms with Crippen LogP contribution < -0.4 is 0 Å². The molecule has 0 aliphatic rings. The zero-order valence-corrected chi connectivity index (χ0v) is 11.2. The second-order valence-electron chi connectivity index (χ2n) is 4.25. The third-order valence-electron chi connectivity index (χ3n) is 1.94. The standard InChI is InChI=1S/C12H22O6/c1-4-6-12(2,3)18-17-8-5-7-15-9-10-16-11(13)14/h5,8H,4,6-7,9-10H2,1-3H3,(H,13,14). The number of carboxylic acid groups (broad SMARTS) is 1. The Kier molecular flexibility index (Phi) is 9.04. The van der Waals surface area contributed by atoms with Crippen LogP contribution in [-0.4, -0.2) is 36.7 Å². The number of ether oxygens (including phenoxy) is 2. The zero-order valence-electron chi connectivity index (χ0n) is 11.2. The lowest BCUT2D eigenvalue weighted by Gasteiger charge is -2.21. The summed E-state index contributed by atoms with van der Waals surface area (Å²) < 4.78 is 9.31. The average Bonchev–Trinajstić information content (AvgIpc) is 2.26. The summed E-state index contributed by atoms with van der Waals surface area (Å²) >= 11 is 0. The van der Waals surface area contributed by atoms with Gasteiger partial charge in [-0.2, -0.15) is 4.89 Å². The average molecular weight is 262 g/mol. The summed E-state index contributed by atoms with van der Waals surface area (Å²) in [7, 11) is 0. The van der Waals surface area contributed by atoms with Gasteiger partial charge in [-0.15, -0.1) is 0 Å². The van der Waals surface area contributed by atoms with Crippen LogP contribution in [0.4, 0.5) is 4.79 Å². The van der Waals surface area contributed by atoms with E-state index < -0.39 is 6.16 Å². The molecule has 0 aromatic carbocycles. The van der Waals surface area contributed by atoms with E-state index in [1.165, 1.54) is 6.26 Å². The van der Waals surface area contributed by atoms with Crippen molar-refractivity contribution in [1.82, 2.24) is 0 Å². The van der Waals surface area contributed by atoms with Gasteiger partial charge in [0.05, 0.1) is 13.2 Å². The van der Waals surface area contributed by atoms with Crippen molar-refractivity contribution in [3.8, 4) is 0 Å². The first-order chi connectivity index (χ1) is 8.48. The van der Waals surface area contributed by atoms with Crippen LogP contribution in [0.3, 0.4) is 0 Å². The number of carbonyl (C=O) groups is 1. The van der Waals surface area contributed by atoms with Crippen LogP contribution in [0.2, 0.25) is 0 Å². The molecule has 1 N–H and O–H groups in total. The molecule has 0 atom stereocenters. The van der Waals surface area contributed by atoms with E-state index in [0.717, 1.165) is 12.8 Å². The molecule has 0 amide bonds. The van der Waals surface area contributed by atoms with Gasteiger partial charge in [0, 0.05) is 0 Å². The van der Waals surface area contributed by atoms with Gasteiger partial charge in [-0.1, -0.05) is 13.3 Å². The van der Waals surface area contributed by atoms with E-state index in [1.807, 2.05) is 13.8 Å². The first-order valence-corrected chi connectivity index (χ1v) is 5.91. The van der Waals surface area contributed by atoms with Crippen LogP contribution in [0.25, 0.3) is 0 Å². The molecule has 0 radical (unpaired) electrons. The molecule has 18 heavy (non-hydrogen) atoms. The molecule has 106 valence electrons. The van der Waals surface area contributed by atoms with E-state index in [-0.39, 0.29) is 18.8 Å². The fourth-order valence-electron chi connectivity index (χ4n) is 1.22. The van der Waals surface area contributed by atoms with Crippen molar-refractivity contribution in [3.05, 3.63) is 12.3 Å². The highest BCUT2D eigenvalue weighted by Crippen LogP contribution is 2.16. The van der Waals surface area contributed by atoms with E-state index in [0.29, 0.717) is 6.61 Å². The van der Waals surface area contributed by atoms with Crippen molar-refractivity contribution in [1.29, 1.82) is 0 Å². The van der Waals surface area contributed by atoms with Crippen molar-refractivity contribution >= 4 is 6.16 Å². The molecule has 0 aliphatic carbocycles. The molecule has 0 aromatic heterocycles. The summed E-state index contributed by atoms with van der Waals surface area (Å²) in [6.07, 6.45) is 3.65. The molecule has 0 rings (SSSR count). The maximum absolute atomic E-state index is 9.99. The maximum Gasteiger partial charge on any atom is 0.505 e. The molecule has 0 aliphatic heterocycles. The monoisotopic (exact) mass is 262 g/mol. The van der Waals surface area contributed by atoms with Crippen molar-refractivity contribution in [2.45, 2.75) is 39.2 Å². The van der Waals surface area contributed by atoms with Gasteiger partial charge in [-0.05, 0) is 26.3 Å². The number of hydrogen-bond donors (Lipinski definition) is 1.